The standard InChI is InChI=1S/C12H19N5O13P3Se/c1-16-4-17(9-6(16)10(19)15-12(13)14-9)11-8(26-2)7(18)5(28-11)3-27-32(23,24)30-33(25,34)29-31(20,21)22/h4-5,7-8,11,18H,3H2,1-2H3,(H5-,13,14,15,19,20,21,22,23,24)/p+1/t5-,7-,8-,11-,33-/m1/s1. The van der Waals surface area contributed by atoms with Crippen LogP contribution in [-0.2, 0) is 43.4 Å². The van der Waals surface area contributed by atoms with E-state index in [1.807, 2.05) is 0 Å². The Labute approximate surface area is 197 Å². The summed E-state index contributed by atoms with van der Waals surface area (Å²) in [6, 6.07) is 0. The normalized spacial score (nSPS) is 27.0. The number of phosphoric acid groups is 2. The van der Waals surface area contributed by atoms with Crippen molar-refractivity contribution < 1.29 is 60.7 Å². The Morgan fingerprint density at radius 1 is 1.32 bits per heavy atom. The number of anilines is 1. The van der Waals surface area contributed by atoms with Crippen molar-refractivity contribution in [3.05, 3.63) is 16.7 Å². The zero-order chi connectivity index (χ0) is 25.6. The molecule has 1 aliphatic heterocycles. The van der Waals surface area contributed by atoms with Crippen LogP contribution in [0.2, 0.25) is 0 Å². The van der Waals surface area contributed by atoms with Crippen molar-refractivity contribution in [1.82, 2.24) is 14.5 Å². The van der Waals surface area contributed by atoms with Gasteiger partial charge >= 0.3 is 182 Å². The number of nitrogens with one attached hydrogen (secondary N) is 1. The molecule has 18 nitrogen and oxygen atoms in total. The predicted octanol–water partition coefficient (Wildman–Crippen LogP) is -2.08. The van der Waals surface area contributed by atoms with Gasteiger partial charge in [0.1, 0.15) is 0 Å². The Kier molecular flexibility index (Phi) is 7.96. The van der Waals surface area contributed by atoms with E-state index in [1.165, 1.54) is 22.6 Å². The number of nitrogens with zero attached hydrogens (tertiary/aromatic N) is 3. The van der Waals surface area contributed by atoms with Crippen LogP contribution in [0.15, 0.2) is 11.1 Å². The summed E-state index contributed by atoms with van der Waals surface area (Å²) >= 11 is 1.63. The van der Waals surface area contributed by atoms with Crippen molar-refractivity contribution in [2.24, 2.45) is 7.05 Å². The molecule has 1 saturated heterocycles. The second kappa shape index (κ2) is 9.81. The topological polar surface area (TPSA) is 259 Å². The summed E-state index contributed by atoms with van der Waals surface area (Å²) < 4.78 is 61.2. The molecule has 6 atom stereocenters. The number of methoxy groups -OCH3 is 1. The number of hydrogen-bond donors (Lipinski definition) is 6. The number of ether oxygens (including phenoxy) is 2. The minimum atomic E-state index is -5.34. The van der Waals surface area contributed by atoms with Gasteiger partial charge in [-0.05, 0) is 0 Å². The van der Waals surface area contributed by atoms with Crippen LogP contribution in [0.5, 0.6) is 0 Å². The van der Waals surface area contributed by atoms with Crippen molar-refractivity contribution in [2.75, 3.05) is 19.5 Å². The SMILES string of the molecule is CO[C@@H]1[C@H](O)[C@@H](COP(=O)(O)O[P@](=O)([Se])OP(=O)(O)O)O[C@H]1[n+]1cn(C)c2c(=O)[nH]c(N)nc21. The molecule has 2 aromatic heterocycles. The molecular formula is C12H20N5O13P3Se+. The van der Waals surface area contributed by atoms with Gasteiger partial charge in [0.2, 0.25) is 0 Å². The van der Waals surface area contributed by atoms with E-state index in [9.17, 15) is 28.5 Å². The third kappa shape index (κ3) is 6.21. The molecule has 22 heteroatoms. The first-order valence-electron chi connectivity index (χ1n) is 8.92. The molecule has 1 radical (unpaired) electrons. The van der Waals surface area contributed by atoms with E-state index in [1.54, 1.807) is 22.6 Å². The number of fused-ring (bicyclic) bond motifs is 1. The Balaban J connectivity index is 1.80. The second-order valence-corrected chi connectivity index (χ2v) is 14.1. The fourth-order valence-corrected chi connectivity index (χ4v) is 9.45. The van der Waals surface area contributed by atoms with E-state index in [4.69, 9.17) is 25.0 Å². The molecule has 3 rings (SSSR count). The molecule has 0 spiro atoms. The summed E-state index contributed by atoms with van der Waals surface area (Å²) in [6.45, 7) is -0.817. The van der Waals surface area contributed by atoms with Crippen LogP contribution in [0.25, 0.3) is 11.2 Å². The second-order valence-electron chi connectivity index (χ2n) is 6.88. The summed E-state index contributed by atoms with van der Waals surface area (Å²) in [4.78, 5) is 45.8. The number of aryl methyl sites for hydroxylation is 1. The fraction of sp³-hybridized carbons (Fsp3) is 0.583. The van der Waals surface area contributed by atoms with Gasteiger partial charge in [-0.2, -0.15) is 0 Å². The first-order valence-corrected chi connectivity index (χ1v) is 15.7. The number of aromatic amines is 1. The summed E-state index contributed by atoms with van der Waals surface area (Å²) in [5, 5.41) is 10.6. The van der Waals surface area contributed by atoms with E-state index in [0.717, 1.165) is 0 Å². The molecule has 0 aliphatic carbocycles. The number of nitrogen functional groups attached to an aromatic ring is 1. The molecule has 0 amide bonds. The molecule has 2 aromatic rings. The van der Waals surface area contributed by atoms with E-state index in [2.05, 4.69) is 23.1 Å². The van der Waals surface area contributed by atoms with Crippen LogP contribution >= 0.6 is 21.9 Å². The maximum absolute atomic E-state index is 12.2. The van der Waals surface area contributed by atoms with Gasteiger partial charge in [0.25, 0.3) is 0 Å². The number of rotatable bonds is 9. The van der Waals surface area contributed by atoms with E-state index < -0.39 is 58.6 Å². The fourth-order valence-electron chi connectivity index (χ4n) is 3.25. The van der Waals surface area contributed by atoms with Gasteiger partial charge in [-0.25, -0.2) is 0 Å². The van der Waals surface area contributed by atoms with Gasteiger partial charge < -0.3 is 5.73 Å². The molecule has 34 heavy (non-hydrogen) atoms. The molecule has 1 fully saturated rings. The Hall–Kier alpha value is -1.00. The molecule has 0 aromatic carbocycles. The third-order valence-corrected chi connectivity index (χ3v) is 10.7. The van der Waals surface area contributed by atoms with Gasteiger partial charge in [-0.15, -0.1) is 0 Å². The third-order valence-electron chi connectivity index (χ3n) is 4.46. The summed E-state index contributed by atoms with van der Waals surface area (Å²) in [7, 11) is -7.75. The zero-order valence-electron chi connectivity index (χ0n) is 17.2. The molecular weight excluding hydrogens is 594 g/mol. The van der Waals surface area contributed by atoms with Gasteiger partial charge in [0.05, 0.1) is 0 Å². The summed E-state index contributed by atoms with van der Waals surface area (Å²) in [6.07, 6.45) is -8.34. The van der Waals surface area contributed by atoms with Gasteiger partial charge in [-0.3, -0.25) is 9.78 Å². The molecule has 1 aliphatic rings. The number of H-pyrrole nitrogens is 1. The zero-order valence-corrected chi connectivity index (χ0v) is 21.6. The van der Waals surface area contributed by atoms with Crippen LogP contribution in [0.4, 0.5) is 5.95 Å². The Morgan fingerprint density at radius 3 is 2.56 bits per heavy atom. The van der Waals surface area contributed by atoms with Gasteiger partial charge in [0.15, 0.2) is 0 Å². The first-order chi connectivity index (χ1) is 15.5. The summed E-state index contributed by atoms with van der Waals surface area (Å²) in [5.41, 5.74) is 5.31. The van der Waals surface area contributed by atoms with Crippen molar-refractivity contribution >= 4 is 54.6 Å². The molecule has 0 saturated carbocycles. The van der Waals surface area contributed by atoms with Crippen molar-refractivity contribution in [1.29, 1.82) is 0 Å². The van der Waals surface area contributed by atoms with E-state index in [0.29, 0.717) is 0 Å². The molecule has 7 N–H and O–H groups in total. The Morgan fingerprint density at radius 2 is 1.97 bits per heavy atom. The van der Waals surface area contributed by atoms with Crippen LogP contribution < -0.4 is 15.9 Å². The van der Waals surface area contributed by atoms with Crippen molar-refractivity contribution in [3.8, 4) is 0 Å². The van der Waals surface area contributed by atoms with Crippen LogP contribution in [0, 0.1) is 0 Å². The minimum absolute atomic E-state index is 0.0952. The molecule has 191 valence electrons. The van der Waals surface area contributed by atoms with Crippen LogP contribution in [0.3, 0.4) is 0 Å². The van der Waals surface area contributed by atoms with E-state index in [-0.39, 0.29) is 17.1 Å². The number of hydrogen-bond acceptors (Lipinski definition) is 12. The van der Waals surface area contributed by atoms with Crippen LogP contribution in [-0.4, -0.2) is 81.9 Å². The Bertz CT molecular complexity index is 1280. The quantitative estimate of drug-likeness (QED) is 0.101. The number of imidazole rings is 1. The van der Waals surface area contributed by atoms with Gasteiger partial charge in [-0.1, -0.05) is 0 Å². The maximum atomic E-state index is 12.2. The first kappa shape index (κ1) is 27.6. The molecule has 0 bridgehead atoms. The van der Waals surface area contributed by atoms with Crippen molar-refractivity contribution in [3.63, 3.8) is 0 Å². The molecule has 1 unspecified atom stereocenters. The number of aromatic nitrogens is 4. The van der Waals surface area contributed by atoms with E-state index >= 15 is 0 Å². The number of aliphatic hydroxyl groups is 1. The number of nitrogens with two attached hydrogens (primary N) is 1. The van der Waals surface area contributed by atoms with Gasteiger partial charge in [0, 0.05) is 0 Å². The van der Waals surface area contributed by atoms with Crippen LogP contribution in [0.1, 0.15) is 6.23 Å². The van der Waals surface area contributed by atoms with Crippen molar-refractivity contribution in [2.45, 2.75) is 24.5 Å². The predicted molar refractivity (Wildman–Crippen MR) is 110 cm³/mol. The number of aliphatic hydroxyl groups excluding tert-OH is 1. The average molecular weight is 614 g/mol. The summed E-state index contributed by atoms with van der Waals surface area (Å²) in [5.74, 6) is -0.179. The monoisotopic (exact) mass is 615 g/mol. The number of phosphoric ester groups is 1. The average Bonchev–Trinajstić information content (AvgIpc) is 3.13. The molecule has 3 heterocycles.